The summed E-state index contributed by atoms with van der Waals surface area (Å²) in [7, 11) is -3.10. The Hall–Kier alpha value is -1.07. The van der Waals surface area contributed by atoms with Gasteiger partial charge in [0.25, 0.3) is 0 Å². The highest BCUT2D eigenvalue weighted by molar-refractivity contribution is 7.91. The molecule has 4 nitrogen and oxygen atoms in total. The van der Waals surface area contributed by atoms with E-state index in [-0.39, 0.29) is 5.75 Å². The first-order valence-corrected chi connectivity index (χ1v) is 8.57. The maximum Gasteiger partial charge on any atom is 0.178 e. The summed E-state index contributed by atoms with van der Waals surface area (Å²) in [6.07, 6.45) is 1.78. The monoisotopic (exact) mass is 282 g/mol. The van der Waals surface area contributed by atoms with Gasteiger partial charge in [-0.3, -0.25) is 0 Å². The lowest BCUT2D eigenvalue weighted by Crippen LogP contribution is -2.27. The Balaban J connectivity index is 2.13. The van der Waals surface area contributed by atoms with E-state index in [0.717, 1.165) is 38.3 Å². The first-order valence-electron chi connectivity index (χ1n) is 6.92. The summed E-state index contributed by atoms with van der Waals surface area (Å²) in [5.74, 6) is 0.222. The average molecular weight is 282 g/mol. The fraction of sp³-hybridized carbons (Fsp3) is 0.571. The second-order valence-corrected chi connectivity index (χ2v) is 7.01. The number of hydrogen-bond donors (Lipinski definition) is 1. The minimum absolute atomic E-state index is 0.222. The summed E-state index contributed by atoms with van der Waals surface area (Å²) in [5.41, 5.74) is 1.11. The Morgan fingerprint density at radius 2 is 1.89 bits per heavy atom. The largest absolute Gasteiger partial charge is 0.370 e. The van der Waals surface area contributed by atoms with Crippen molar-refractivity contribution in [3.8, 4) is 0 Å². The standard InChI is InChI=1S/C14H22N2O2S/c1-2-12-19(17,18)14-6-4-13(5-7-14)16-10-3-8-15-9-11-16/h4-7,15H,2-3,8-12H2,1H3. The second kappa shape index (κ2) is 6.39. The van der Waals surface area contributed by atoms with Crippen LogP contribution in [0.3, 0.4) is 0 Å². The Labute approximate surface area is 115 Å². The van der Waals surface area contributed by atoms with Crippen LogP contribution in [0.2, 0.25) is 0 Å². The Bertz CT molecular complexity index is 489. The zero-order valence-corrected chi connectivity index (χ0v) is 12.2. The molecule has 0 aromatic heterocycles. The third kappa shape index (κ3) is 3.70. The Morgan fingerprint density at radius 1 is 1.16 bits per heavy atom. The van der Waals surface area contributed by atoms with E-state index in [1.807, 2.05) is 19.1 Å². The van der Waals surface area contributed by atoms with E-state index in [9.17, 15) is 8.42 Å². The molecule has 0 atom stereocenters. The van der Waals surface area contributed by atoms with Gasteiger partial charge in [0, 0.05) is 25.3 Å². The van der Waals surface area contributed by atoms with Crippen LogP contribution < -0.4 is 10.2 Å². The van der Waals surface area contributed by atoms with Crippen molar-refractivity contribution < 1.29 is 8.42 Å². The van der Waals surface area contributed by atoms with Gasteiger partial charge in [0.2, 0.25) is 0 Å². The third-order valence-corrected chi connectivity index (χ3v) is 5.31. The lowest BCUT2D eigenvalue weighted by molar-refractivity contribution is 0.594. The smallest absolute Gasteiger partial charge is 0.178 e. The molecular weight excluding hydrogens is 260 g/mol. The lowest BCUT2D eigenvalue weighted by atomic mass is 10.2. The molecule has 0 saturated carbocycles. The molecular formula is C14H22N2O2S. The molecule has 1 heterocycles. The highest BCUT2D eigenvalue weighted by atomic mass is 32.2. The van der Waals surface area contributed by atoms with E-state index in [1.165, 1.54) is 0 Å². The first-order chi connectivity index (χ1) is 9.13. The number of rotatable bonds is 4. The molecule has 2 rings (SSSR count). The molecule has 5 heteroatoms. The molecule has 0 aliphatic carbocycles. The molecule has 1 aromatic rings. The van der Waals surface area contributed by atoms with Crippen molar-refractivity contribution in [1.29, 1.82) is 0 Å². The first kappa shape index (κ1) is 14.3. The van der Waals surface area contributed by atoms with E-state index in [4.69, 9.17) is 0 Å². The van der Waals surface area contributed by atoms with Gasteiger partial charge in [0.15, 0.2) is 9.84 Å². The Morgan fingerprint density at radius 3 is 2.58 bits per heavy atom. The summed E-state index contributed by atoms with van der Waals surface area (Å²) in [4.78, 5) is 2.74. The fourth-order valence-corrected chi connectivity index (χ4v) is 3.68. The van der Waals surface area contributed by atoms with Gasteiger partial charge in [0.05, 0.1) is 10.6 Å². The summed E-state index contributed by atoms with van der Waals surface area (Å²) >= 11 is 0. The number of sulfone groups is 1. The van der Waals surface area contributed by atoms with Crippen molar-refractivity contribution in [1.82, 2.24) is 5.32 Å². The van der Waals surface area contributed by atoms with Crippen LogP contribution in [0.1, 0.15) is 19.8 Å². The van der Waals surface area contributed by atoms with Crippen molar-refractivity contribution in [3.63, 3.8) is 0 Å². The van der Waals surface area contributed by atoms with Gasteiger partial charge in [-0.15, -0.1) is 0 Å². The van der Waals surface area contributed by atoms with Gasteiger partial charge < -0.3 is 10.2 Å². The van der Waals surface area contributed by atoms with Crippen LogP contribution in [-0.4, -0.2) is 40.3 Å². The van der Waals surface area contributed by atoms with Gasteiger partial charge in [-0.05, 0) is 43.7 Å². The topological polar surface area (TPSA) is 49.4 Å². The molecule has 0 unspecified atom stereocenters. The van der Waals surface area contributed by atoms with Gasteiger partial charge in [-0.1, -0.05) is 6.92 Å². The molecule has 1 aliphatic rings. The van der Waals surface area contributed by atoms with Crippen molar-refractivity contribution in [2.45, 2.75) is 24.7 Å². The van der Waals surface area contributed by atoms with E-state index < -0.39 is 9.84 Å². The third-order valence-electron chi connectivity index (χ3n) is 3.37. The molecule has 1 aromatic carbocycles. The minimum Gasteiger partial charge on any atom is -0.370 e. The maximum atomic E-state index is 12.0. The molecule has 0 bridgehead atoms. The van der Waals surface area contributed by atoms with E-state index >= 15 is 0 Å². The molecule has 1 saturated heterocycles. The van der Waals surface area contributed by atoms with E-state index in [1.54, 1.807) is 12.1 Å². The van der Waals surface area contributed by atoms with Gasteiger partial charge in [-0.25, -0.2) is 8.42 Å². The molecule has 1 N–H and O–H groups in total. The maximum absolute atomic E-state index is 12.0. The number of hydrogen-bond acceptors (Lipinski definition) is 4. The molecule has 1 aliphatic heterocycles. The van der Waals surface area contributed by atoms with Crippen LogP contribution in [0.25, 0.3) is 0 Å². The molecule has 1 fully saturated rings. The SMILES string of the molecule is CCCS(=O)(=O)c1ccc(N2CCCNCC2)cc1. The second-order valence-electron chi connectivity index (χ2n) is 4.90. The van der Waals surface area contributed by atoms with Gasteiger partial charge >= 0.3 is 0 Å². The van der Waals surface area contributed by atoms with Crippen LogP contribution in [0.4, 0.5) is 5.69 Å². The predicted octanol–water partition coefficient (Wildman–Crippen LogP) is 1.67. The Kier molecular flexibility index (Phi) is 4.82. The summed E-state index contributed by atoms with van der Waals surface area (Å²) in [6.45, 7) is 5.92. The highest BCUT2D eigenvalue weighted by Gasteiger charge is 2.14. The quantitative estimate of drug-likeness (QED) is 0.912. The minimum atomic E-state index is -3.10. The number of anilines is 1. The molecule has 19 heavy (non-hydrogen) atoms. The van der Waals surface area contributed by atoms with Gasteiger partial charge in [-0.2, -0.15) is 0 Å². The highest BCUT2D eigenvalue weighted by Crippen LogP contribution is 2.19. The number of nitrogens with one attached hydrogen (secondary N) is 1. The van der Waals surface area contributed by atoms with E-state index in [0.29, 0.717) is 11.3 Å². The molecule has 0 amide bonds. The van der Waals surface area contributed by atoms with Crippen LogP contribution in [0.5, 0.6) is 0 Å². The van der Waals surface area contributed by atoms with Gasteiger partial charge in [0.1, 0.15) is 0 Å². The van der Waals surface area contributed by atoms with Crippen LogP contribution >= 0.6 is 0 Å². The average Bonchev–Trinajstić information content (AvgIpc) is 2.68. The molecule has 0 spiro atoms. The van der Waals surface area contributed by atoms with Crippen molar-refractivity contribution in [2.75, 3.05) is 36.8 Å². The number of nitrogens with zero attached hydrogens (tertiary/aromatic N) is 1. The molecule has 106 valence electrons. The van der Waals surface area contributed by atoms with Crippen LogP contribution in [-0.2, 0) is 9.84 Å². The fourth-order valence-electron chi connectivity index (χ4n) is 2.35. The van der Waals surface area contributed by atoms with Crippen molar-refractivity contribution in [3.05, 3.63) is 24.3 Å². The van der Waals surface area contributed by atoms with E-state index in [2.05, 4.69) is 10.2 Å². The predicted molar refractivity (Wildman–Crippen MR) is 78.5 cm³/mol. The normalized spacial score (nSPS) is 17.2. The van der Waals surface area contributed by atoms with Crippen molar-refractivity contribution >= 4 is 15.5 Å². The van der Waals surface area contributed by atoms with Crippen LogP contribution in [0, 0.1) is 0 Å². The zero-order valence-electron chi connectivity index (χ0n) is 11.4. The number of benzene rings is 1. The van der Waals surface area contributed by atoms with Crippen LogP contribution in [0.15, 0.2) is 29.2 Å². The molecule has 0 radical (unpaired) electrons. The van der Waals surface area contributed by atoms with Crippen molar-refractivity contribution in [2.24, 2.45) is 0 Å². The zero-order chi connectivity index (χ0) is 13.7. The summed E-state index contributed by atoms with van der Waals surface area (Å²) in [5, 5.41) is 3.36. The summed E-state index contributed by atoms with van der Waals surface area (Å²) < 4.78 is 23.9. The summed E-state index contributed by atoms with van der Waals surface area (Å²) in [6, 6.07) is 7.32. The lowest BCUT2D eigenvalue weighted by Gasteiger charge is -2.22.